The van der Waals surface area contributed by atoms with E-state index in [1.807, 2.05) is 18.2 Å². The second-order valence-corrected chi connectivity index (χ2v) is 8.84. The first kappa shape index (κ1) is 22.7. The summed E-state index contributed by atoms with van der Waals surface area (Å²) in [4.78, 5) is 44.0. The Balaban J connectivity index is 1.29. The molecule has 1 saturated heterocycles. The maximum atomic E-state index is 13.7. The lowest BCUT2D eigenvalue weighted by molar-refractivity contribution is 0.0746. The zero-order valence-electron chi connectivity index (χ0n) is 19.5. The minimum absolute atomic E-state index is 0.0641. The molecule has 0 bridgehead atoms. The molecule has 11 heteroatoms. The van der Waals surface area contributed by atoms with E-state index in [-0.39, 0.29) is 34.0 Å². The Morgan fingerprint density at radius 3 is 2.49 bits per heavy atom. The normalized spacial score (nSPS) is 14.0. The number of anilines is 2. The topological polar surface area (TPSA) is 124 Å². The summed E-state index contributed by atoms with van der Waals surface area (Å²) < 4.78 is 27.3. The second kappa shape index (κ2) is 8.70. The van der Waals surface area contributed by atoms with Gasteiger partial charge in [-0.15, -0.1) is 0 Å². The number of nitrogens with two attached hydrogens (primary N) is 1. The lowest BCUT2D eigenvalue weighted by Gasteiger charge is -2.35. The number of nitrogens with zero attached hydrogens (tertiary/aromatic N) is 4. The number of pyridine rings is 1. The van der Waals surface area contributed by atoms with Crippen molar-refractivity contribution < 1.29 is 13.6 Å². The monoisotopic (exact) mass is 501 g/mol. The standard InChI is InChI=1S/C26H21F2N7O2/c27-16-12-19-20(13-17(16)28)33-25(36)24(32-19)23-22(29)15-11-14(4-5-18(15)31-23)26(37)35-9-7-34(8-10-35)21-3-1-2-6-30-21/h1-6,11-13,31H,7-10,29H2,(H,33,36). The number of hydrogen-bond acceptors (Lipinski definition) is 6. The van der Waals surface area contributed by atoms with Gasteiger partial charge in [0.2, 0.25) is 0 Å². The third-order valence-electron chi connectivity index (χ3n) is 6.60. The molecule has 4 N–H and O–H groups in total. The van der Waals surface area contributed by atoms with Gasteiger partial charge in [-0.2, -0.15) is 0 Å². The molecule has 186 valence electrons. The van der Waals surface area contributed by atoms with Gasteiger partial charge in [-0.3, -0.25) is 9.59 Å². The summed E-state index contributed by atoms with van der Waals surface area (Å²) in [7, 11) is 0. The minimum Gasteiger partial charge on any atom is -0.396 e. The van der Waals surface area contributed by atoms with Crippen LogP contribution in [0.5, 0.6) is 0 Å². The largest absolute Gasteiger partial charge is 0.396 e. The number of fused-ring (bicyclic) bond motifs is 2. The van der Waals surface area contributed by atoms with E-state index in [4.69, 9.17) is 5.73 Å². The Morgan fingerprint density at radius 2 is 1.73 bits per heavy atom. The van der Waals surface area contributed by atoms with E-state index in [1.165, 1.54) is 0 Å². The molecular weight excluding hydrogens is 480 g/mol. The number of nitrogens with one attached hydrogen (secondary N) is 2. The Kier molecular flexibility index (Phi) is 5.32. The van der Waals surface area contributed by atoms with Gasteiger partial charge < -0.3 is 25.5 Å². The molecule has 1 fully saturated rings. The molecule has 1 aliphatic heterocycles. The number of halogens is 2. The molecule has 1 amide bonds. The van der Waals surface area contributed by atoms with E-state index >= 15 is 0 Å². The molecule has 0 atom stereocenters. The first-order valence-corrected chi connectivity index (χ1v) is 11.6. The zero-order chi connectivity index (χ0) is 25.7. The van der Waals surface area contributed by atoms with Crippen molar-refractivity contribution in [2.24, 2.45) is 0 Å². The van der Waals surface area contributed by atoms with E-state index in [0.29, 0.717) is 42.6 Å². The van der Waals surface area contributed by atoms with Crippen LogP contribution in [-0.4, -0.2) is 56.9 Å². The third-order valence-corrected chi connectivity index (χ3v) is 6.60. The first-order chi connectivity index (χ1) is 17.9. The molecule has 3 aromatic heterocycles. The van der Waals surface area contributed by atoms with Gasteiger partial charge in [0.15, 0.2) is 17.3 Å². The molecule has 4 heterocycles. The van der Waals surface area contributed by atoms with Crippen molar-refractivity contribution in [2.75, 3.05) is 36.8 Å². The van der Waals surface area contributed by atoms with Crippen LogP contribution in [0.3, 0.4) is 0 Å². The van der Waals surface area contributed by atoms with Crippen LogP contribution in [0.2, 0.25) is 0 Å². The number of amides is 1. The van der Waals surface area contributed by atoms with Gasteiger partial charge in [-0.1, -0.05) is 6.07 Å². The van der Waals surface area contributed by atoms with E-state index in [9.17, 15) is 18.4 Å². The predicted octanol–water partition coefficient (Wildman–Crippen LogP) is 3.29. The minimum atomic E-state index is -1.09. The molecule has 0 radical (unpaired) electrons. The van der Waals surface area contributed by atoms with Gasteiger partial charge in [0.1, 0.15) is 5.82 Å². The summed E-state index contributed by atoms with van der Waals surface area (Å²) in [6, 6.07) is 12.6. The summed E-state index contributed by atoms with van der Waals surface area (Å²) in [5, 5.41) is 0.555. The molecular formula is C26H21F2N7O2. The average Bonchev–Trinajstić information content (AvgIpc) is 3.25. The van der Waals surface area contributed by atoms with Crippen molar-refractivity contribution in [3.63, 3.8) is 0 Å². The predicted molar refractivity (Wildman–Crippen MR) is 136 cm³/mol. The Hall–Kier alpha value is -4.80. The van der Waals surface area contributed by atoms with Crippen molar-refractivity contribution in [1.82, 2.24) is 24.8 Å². The maximum absolute atomic E-state index is 13.7. The van der Waals surface area contributed by atoms with Crippen LogP contribution in [0.25, 0.3) is 33.3 Å². The SMILES string of the molecule is Nc1c(-c2nc3cc(F)c(F)cc3[nH]c2=O)[nH]c2ccc(C(=O)N3CCN(c4ccccn4)CC3)cc12. The van der Waals surface area contributed by atoms with Crippen LogP contribution in [-0.2, 0) is 0 Å². The lowest BCUT2D eigenvalue weighted by atomic mass is 10.1. The molecule has 37 heavy (non-hydrogen) atoms. The second-order valence-electron chi connectivity index (χ2n) is 8.84. The number of hydrogen-bond donors (Lipinski definition) is 3. The fourth-order valence-corrected chi connectivity index (χ4v) is 4.65. The van der Waals surface area contributed by atoms with E-state index < -0.39 is 17.2 Å². The number of H-pyrrole nitrogens is 2. The van der Waals surface area contributed by atoms with E-state index in [0.717, 1.165) is 18.0 Å². The summed E-state index contributed by atoms with van der Waals surface area (Å²) in [5.74, 6) is -1.40. The van der Waals surface area contributed by atoms with Crippen molar-refractivity contribution in [3.05, 3.63) is 82.3 Å². The van der Waals surface area contributed by atoms with Crippen LogP contribution < -0.4 is 16.2 Å². The molecule has 0 spiro atoms. The molecule has 0 saturated carbocycles. The zero-order valence-corrected chi connectivity index (χ0v) is 19.5. The molecule has 6 rings (SSSR count). The Labute approximate surface area is 208 Å². The van der Waals surface area contributed by atoms with Crippen LogP contribution in [0.15, 0.2) is 59.5 Å². The number of aromatic nitrogens is 4. The number of rotatable bonds is 3. The number of piperazine rings is 1. The number of carbonyl (C=O) groups is 1. The molecule has 0 aliphatic carbocycles. The van der Waals surface area contributed by atoms with Crippen molar-refractivity contribution in [3.8, 4) is 11.4 Å². The fourth-order valence-electron chi connectivity index (χ4n) is 4.65. The van der Waals surface area contributed by atoms with Gasteiger partial charge >= 0.3 is 0 Å². The number of nitrogen functional groups attached to an aromatic ring is 1. The fraction of sp³-hybridized carbons (Fsp3) is 0.154. The number of carbonyl (C=O) groups excluding carboxylic acids is 1. The average molecular weight is 501 g/mol. The van der Waals surface area contributed by atoms with Gasteiger partial charge in [0.05, 0.1) is 22.4 Å². The van der Waals surface area contributed by atoms with Crippen LogP contribution >= 0.6 is 0 Å². The summed E-state index contributed by atoms with van der Waals surface area (Å²) in [6.07, 6.45) is 1.75. The maximum Gasteiger partial charge on any atom is 0.276 e. The highest BCUT2D eigenvalue weighted by atomic mass is 19.2. The summed E-state index contributed by atoms with van der Waals surface area (Å²) in [6.45, 7) is 2.44. The van der Waals surface area contributed by atoms with Crippen LogP contribution in [0.4, 0.5) is 20.3 Å². The molecule has 9 nitrogen and oxygen atoms in total. The lowest BCUT2D eigenvalue weighted by Crippen LogP contribution is -2.49. The highest BCUT2D eigenvalue weighted by Crippen LogP contribution is 2.32. The van der Waals surface area contributed by atoms with Crippen molar-refractivity contribution in [2.45, 2.75) is 0 Å². The summed E-state index contributed by atoms with van der Waals surface area (Å²) in [5.41, 5.74) is 7.37. The first-order valence-electron chi connectivity index (χ1n) is 11.6. The Bertz CT molecular complexity index is 1720. The van der Waals surface area contributed by atoms with Gasteiger partial charge in [-0.05, 0) is 30.3 Å². The van der Waals surface area contributed by atoms with Crippen LogP contribution in [0, 0.1) is 11.6 Å². The third kappa shape index (κ3) is 3.94. The van der Waals surface area contributed by atoms with E-state index in [1.54, 1.807) is 29.3 Å². The quantitative estimate of drug-likeness (QED) is 0.349. The molecule has 0 unspecified atom stereocenters. The van der Waals surface area contributed by atoms with Gasteiger partial charge in [0, 0.05) is 61.0 Å². The molecule has 1 aliphatic rings. The van der Waals surface area contributed by atoms with Gasteiger partial charge in [0.25, 0.3) is 11.5 Å². The summed E-state index contributed by atoms with van der Waals surface area (Å²) >= 11 is 0. The highest BCUT2D eigenvalue weighted by molar-refractivity contribution is 6.04. The molecule has 2 aromatic carbocycles. The smallest absolute Gasteiger partial charge is 0.276 e. The Morgan fingerprint density at radius 1 is 0.946 bits per heavy atom. The van der Waals surface area contributed by atoms with Crippen LogP contribution in [0.1, 0.15) is 10.4 Å². The van der Waals surface area contributed by atoms with E-state index in [2.05, 4.69) is 24.8 Å². The van der Waals surface area contributed by atoms with Gasteiger partial charge in [-0.25, -0.2) is 18.7 Å². The highest BCUT2D eigenvalue weighted by Gasteiger charge is 2.24. The number of aromatic amines is 2. The van der Waals surface area contributed by atoms with Crippen molar-refractivity contribution >= 4 is 39.3 Å². The van der Waals surface area contributed by atoms with Crippen molar-refractivity contribution in [1.29, 1.82) is 0 Å². The molecule has 5 aromatic rings. The number of benzene rings is 2.